The number of carbonyl (C=O) groups excluding carboxylic acids is 1. The van der Waals surface area contributed by atoms with E-state index >= 15 is 0 Å². The third-order valence-electron chi connectivity index (χ3n) is 8.55. The molecule has 1 aliphatic heterocycles. The Bertz CT molecular complexity index is 1390. The summed E-state index contributed by atoms with van der Waals surface area (Å²) in [5, 5.41) is 10.8. The Kier molecular flexibility index (Phi) is 12.3. The second-order valence-corrected chi connectivity index (χ2v) is 13.5. The van der Waals surface area contributed by atoms with Gasteiger partial charge in [-0.1, -0.05) is 78.9 Å². The number of likely N-dealkylation sites (N-methyl/N-ethyl adjacent to an activating group) is 1. The minimum atomic E-state index is -3.74. The molecule has 1 atom stereocenters. The van der Waals surface area contributed by atoms with Crippen molar-refractivity contribution in [1.29, 1.82) is 0 Å². The van der Waals surface area contributed by atoms with Crippen LogP contribution in [0.1, 0.15) is 30.4 Å². The zero-order valence-corrected chi connectivity index (χ0v) is 26.6. The molecule has 1 N–H and O–H groups in total. The van der Waals surface area contributed by atoms with Crippen LogP contribution in [0.15, 0.2) is 95.9 Å². The highest BCUT2D eigenvalue weighted by Gasteiger charge is 2.37. The maximum atomic E-state index is 13.4. The average molecular weight is 624 g/mol. The van der Waals surface area contributed by atoms with E-state index in [9.17, 15) is 18.3 Å². The summed E-state index contributed by atoms with van der Waals surface area (Å²) in [4.78, 5) is 17.4. The number of aliphatic hydroxyl groups is 1. The summed E-state index contributed by atoms with van der Waals surface area (Å²) in [6, 6.07) is 27.7. The van der Waals surface area contributed by atoms with Gasteiger partial charge in [0.25, 0.3) is 0 Å². The molecule has 0 radical (unpaired) electrons. The highest BCUT2D eigenvalue weighted by molar-refractivity contribution is 7.89. The molecule has 0 aliphatic carbocycles. The number of hydrogen-bond donors (Lipinski definition) is 1. The zero-order chi connectivity index (χ0) is 31.4. The molecule has 4 rings (SSSR count). The topological polar surface area (TPSA) is 99.6 Å². The standard InChI is InChI=1S/C34H45N3O6S/c1-35(44(40,41)32-16-10-5-11-17-32)27-34(28-38,30-14-8-4-9-15-30)20-23-36-21-18-31(19-22-36)37(24-25-42-2)33(39)43-26-29-12-6-3-7-13-29/h3-17,31,38H,18-28H2,1-2H3. The van der Waals surface area contributed by atoms with Crippen LogP contribution in [-0.2, 0) is 31.5 Å². The lowest BCUT2D eigenvalue weighted by molar-refractivity contribution is 0.0452. The predicted octanol–water partition coefficient (Wildman–Crippen LogP) is 4.38. The highest BCUT2D eigenvalue weighted by Crippen LogP contribution is 2.32. The van der Waals surface area contributed by atoms with E-state index in [1.165, 1.54) is 4.31 Å². The van der Waals surface area contributed by atoms with Gasteiger partial charge in [0.05, 0.1) is 18.1 Å². The molecule has 1 saturated heterocycles. The lowest BCUT2D eigenvalue weighted by atomic mass is 9.77. The minimum absolute atomic E-state index is 0.0311. The Morgan fingerprint density at radius 2 is 1.55 bits per heavy atom. The van der Waals surface area contributed by atoms with E-state index in [0.717, 1.165) is 37.1 Å². The molecule has 3 aromatic rings. The summed E-state index contributed by atoms with van der Waals surface area (Å²) in [7, 11) is -0.540. The van der Waals surface area contributed by atoms with E-state index in [0.29, 0.717) is 26.1 Å². The monoisotopic (exact) mass is 623 g/mol. The van der Waals surface area contributed by atoms with Crippen molar-refractivity contribution in [2.45, 2.75) is 42.2 Å². The van der Waals surface area contributed by atoms with Crippen LogP contribution in [0.3, 0.4) is 0 Å². The fourth-order valence-corrected chi connectivity index (χ4v) is 7.13. The van der Waals surface area contributed by atoms with Crippen molar-refractivity contribution < 1.29 is 27.8 Å². The summed E-state index contributed by atoms with van der Waals surface area (Å²) in [6.07, 6.45) is 1.79. The zero-order valence-electron chi connectivity index (χ0n) is 25.8. The van der Waals surface area contributed by atoms with Gasteiger partial charge in [0.15, 0.2) is 0 Å². The predicted molar refractivity (Wildman–Crippen MR) is 171 cm³/mol. The van der Waals surface area contributed by atoms with Crippen molar-refractivity contribution >= 4 is 16.1 Å². The number of aliphatic hydroxyl groups excluding tert-OH is 1. The van der Waals surface area contributed by atoms with Crippen molar-refractivity contribution in [3.05, 3.63) is 102 Å². The largest absolute Gasteiger partial charge is 0.445 e. The van der Waals surface area contributed by atoms with E-state index in [4.69, 9.17) is 9.47 Å². The molecule has 0 spiro atoms. The molecule has 3 aromatic carbocycles. The molecule has 1 amide bonds. The van der Waals surface area contributed by atoms with Crippen LogP contribution in [0.5, 0.6) is 0 Å². The van der Waals surface area contributed by atoms with E-state index < -0.39 is 15.4 Å². The molecule has 1 fully saturated rings. The number of carbonyl (C=O) groups is 1. The number of ether oxygens (including phenoxy) is 2. The fourth-order valence-electron chi connectivity index (χ4n) is 5.85. The molecule has 0 bridgehead atoms. The Morgan fingerprint density at radius 3 is 2.14 bits per heavy atom. The van der Waals surface area contributed by atoms with Gasteiger partial charge in [-0.3, -0.25) is 0 Å². The lowest BCUT2D eigenvalue weighted by Gasteiger charge is -2.41. The van der Waals surface area contributed by atoms with Gasteiger partial charge in [0, 0.05) is 51.8 Å². The first-order valence-electron chi connectivity index (χ1n) is 15.2. The van der Waals surface area contributed by atoms with Gasteiger partial charge >= 0.3 is 6.09 Å². The van der Waals surface area contributed by atoms with Crippen LogP contribution in [-0.4, -0.2) is 99.9 Å². The van der Waals surface area contributed by atoms with Crippen molar-refractivity contribution in [3.8, 4) is 0 Å². The molecular weight excluding hydrogens is 578 g/mol. The Balaban J connectivity index is 1.41. The molecule has 1 aliphatic rings. The van der Waals surface area contributed by atoms with Gasteiger partial charge in [0.1, 0.15) is 6.61 Å². The van der Waals surface area contributed by atoms with E-state index in [-0.39, 0.29) is 36.8 Å². The van der Waals surface area contributed by atoms with E-state index in [1.807, 2.05) is 60.7 Å². The molecule has 0 saturated carbocycles. The van der Waals surface area contributed by atoms with Crippen LogP contribution in [0.25, 0.3) is 0 Å². The average Bonchev–Trinajstić information content (AvgIpc) is 3.07. The Hall–Kier alpha value is -3.28. The van der Waals surface area contributed by atoms with Crippen LogP contribution in [0, 0.1) is 0 Å². The second kappa shape index (κ2) is 16.2. The fraction of sp³-hybridized carbons (Fsp3) is 0.441. The molecule has 9 nitrogen and oxygen atoms in total. The van der Waals surface area contributed by atoms with Gasteiger partial charge < -0.3 is 24.4 Å². The van der Waals surface area contributed by atoms with Crippen molar-refractivity contribution in [2.75, 3.05) is 60.1 Å². The number of nitrogens with zero attached hydrogens (tertiary/aromatic N) is 3. The molecule has 10 heteroatoms. The third kappa shape index (κ3) is 8.67. The summed E-state index contributed by atoms with van der Waals surface area (Å²) in [6.45, 7) is 3.27. The smallest absolute Gasteiger partial charge is 0.410 e. The molecule has 0 aromatic heterocycles. The summed E-state index contributed by atoms with van der Waals surface area (Å²) >= 11 is 0. The molecule has 1 heterocycles. The second-order valence-electron chi connectivity index (χ2n) is 11.4. The SMILES string of the molecule is COCCN(C(=O)OCc1ccccc1)C1CCN(CCC(CO)(CN(C)S(=O)(=O)c2ccccc2)c2ccccc2)CC1. The number of rotatable bonds is 15. The van der Waals surface area contributed by atoms with Crippen LogP contribution in [0.4, 0.5) is 4.79 Å². The number of benzene rings is 3. The maximum Gasteiger partial charge on any atom is 0.410 e. The number of hydrogen-bond acceptors (Lipinski definition) is 7. The van der Waals surface area contributed by atoms with Crippen LogP contribution in [0.2, 0.25) is 0 Å². The first-order chi connectivity index (χ1) is 21.3. The number of sulfonamides is 1. The molecule has 44 heavy (non-hydrogen) atoms. The Labute approximate surface area is 262 Å². The first kappa shape index (κ1) is 33.6. The third-order valence-corrected chi connectivity index (χ3v) is 10.4. The summed E-state index contributed by atoms with van der Waals surface area (Å²) in [5.74, 6) is 0. The minimum Gasteiger partial charge on any atom is -0.445 e. The van der Waals surface area contributed by atoms with Crippen LogP contribution < -0.4 is 0 Å². The lowest BCUT2D eigenvalue weighted by Crippen LogP contribution is -2.50. The van der Waals surface area contributed by atoms with Gasteiger partial charge in [-0.05, 0) is 49.1 Å². The van der Waals surface area contributed by atoms with Crippen LogP contribution >= 0.6 is 0 Å². The number of piperidine rings is 1. The van der Waals surface area contributed by atoms with Gasteiger partial charge in [-0.15, -0.1) is 0 Å². The first-order valence-corrected chi connectivity index (χ1v) is 16.6. The number of methoxy groups -OCH3 is 1. The normalized spacial score (nSPS) is 16.0. The van der Waals surface area contributed by atoms with Gasteiger partial charge in [-0.25, -0.2) is 13.2 Å². The van der Waals surface area contributed by atoms with Crippen molar-refractivity contribution in [2.24, 2.45) is 0 Å². The van der Waals surface area contributed by atoms with E-state index in [2.05, 4.69) is 4.90 Å². The highest BCUT2D eigenvalue weighted by atomic mass is 32.2. The van der Waals surface area contributed by atoms with Gasteiger partial charge in [-0.2, -0.15) is 4.31 Å². The Morgan fingerprint density at radius 1 is 0.955 bits per heavy atom. The molecular formula is C34H45N3O6S. The van der Waals surface area contributed by atoms with Gasteiger partial charge in [0.2, 0.25) is 10.0 Å². The molecule has 1 unspecified atom stereocenters. The van der Waals surface area contributed by atoms with Crippen molar-refractivity contribution in [1.82, 2.24) is 14.1 Å². The maximum absolute atomic E-state index is 13.4. The quantitative estimate of drug-likeness (QED) is 0.268. The number of amides is 1. The summed E-state index contributed by atoms with van der Waals surface area (Å²) in [5.41, 5.74) is 1.05. The van der Waals surface area contributed by atoms with Crippen molar-refractivity contribution in [3.63, 3.8) is 0 Å². The molecule has 238 valence electrons. The summed E-state index contributed by atoms with van der Waals surface area (Å²) < 4.78 is 39.1. The number of likely N-dealkylation sites (tertiary alicyclic amines) is 1. The van der Waals surface area contributed by atoms with E-state index in [1.54, 1.807) is 49.4 Å².